The van der Waals surface area contributed by atoms with Crippen LogP contribution in [-0.4, -0.2) is 28.8 Å². The van der Waals surface area contributed by atoms with Gasteiger partial charge in [-0.3, -0.25) is 4.79 Å². The molecule has 1 aliphatic rings. The van der Waals surface area contributed by atoms with E-state index in [9.17, 15) is 14.0 Å². The number of benzene rings is 1. The average Bonchev–Trinajstić information content (AvgIpc) is 3.25. The summed E-state index contributed by atoms with van der Waals surface area (Å²) in [5.74, 6) is -1.99. The number of methoxy groups -OCH3 is 1. The third-order valence-corrected chi connectivity index (χ3v) is 4.15. The second-order valence-corrected chi connectivity index (χ2v) is 5.91. The summed E-state index contributed by atoms with van der Waals surface area (Å²) in [7, 11) is 1.17. The summed E-state index contributed by atoms with van der Waals surface area (Å²) in [6, 6.07) is 9.02. The molecule has 3 aromatic rings. The van der Waals surface area contributed by atoms with Crippen LogP contribution in [0.15, 0.2) is 66.0 Å². The minimum atomic E-state index is -0.835. The van der Waals surface area contributed by atoms with Gasteiger partial charge in [-0.25, -0.2) is 14.2 Å². The molecule has 1 aliphatic heterocycles. The van der Waals surface area contributed by atoms with Crippen molar-refractivity contribution in [2.75, 3.05) is 12.4 Å². The number of anilines is 1. The minimum Gasteiger partial charge on any atom is -0.465 e. The Bertz CT molecular complexity index is 1150. The van der Waals surface area contributed by atoms with Gasteiger partial charge in [0.25, 0.3) is 0 Å². The molecule has 0 atom stereocenters. The Morgan fingerprint density at radius 3 is 2.82 bits per heavy atom. The van der Waals surface area contributed by atoms with Crippen molar-refractivity contribution in [1.29, 1.82) is 0 Å². The van der Waals surface area contributed by atoms with Crippen molar-refractivity contribution >= 4 is 34.5 Å². The SMILES string of the molecule is COC(=O)C1=C(Nc2ccc(F)cc2)O/C(=C\c2c[nH]c3ncccc23)C1=O. The Labute approximate surface area is 158 Å². The molecule has 4 rings (SSSR count). The summed E-state index contributed by atoms with van der Waals surface area (Å²) in [5, 5.41) is 3.62. The fraction of sp³-hybridized carbons (Fsp3) is 0.0500. The van der Waals surface area contributed by atoms with Crippen LogP contribution >= 0.6 is 0 Å². The quantitative estimate of drug-likeness (QED) is 0.411. The van der Waals surface area contributed by atoms with Gasteiger partial charge >= 0.3 is 5.97 Å². The molecule has 0 unspecified atom stereocenters. The zero-order chi connectivity index (χ0) is 19.7. The van der Waals surface area contributed by atoms with Crippen LogP contribution in [0.4, 0.5) is 10.1 Å². The van der Waals surface area contributed by atoms with E-state index in [1.54, 1.807) is 18.5 Å². The summed E-state index contributed by atoms with van der Waals surface area (Å²) >= 11 is 0. The number of ether oxygens (including phenoxy) is 2. The molecular weight excluding hydrogens is 365 g/mol. The van der Waals surface area contributed by atoms with Crippen LogP contribution in [0.3, 0.4) is 0 Å². The molecule has 28 heavy (non-hydrogen) atoms. The fourth-order valence-corrected chi connectivity index (χ4v) is 2.81. The van der Waals surface area contributed by atoms with E-state index in [1.807, 2.05) is 6.07 Å². The van der Waals surface area contributed by atoms with Gasteiger partial charge in [-0.1, -0.05) is 0 Å². The molecule has 0 aliphatic carbocycles. The highest BCUT2D eigenvalue weighted by atomic mass is 19.1. The zero-order valence-corrected chi connectivity index (χ0v) is 14.7. The lowest BCUT2D eigenvalue weighted by molar-refractivity contribution is -0.137. The molecule has 140 valence electrons. The molecule has 0 fully saturated rings. The maximum absolute atomic E-state index is 13.1. The van der Waals surface area contributed by atoms with Gasteiger partial charge in [-0.15, -0.1) is 0 Å². The highest BCUT2D eigenvalue weighted by molar-refractivity contribution is 6.26. The predicted octanol–water partition coefficient (Wildman–Crippen LogP) is 3.14. The second-order valence-electron chi connectivity index (χ2n) is 5.91. The first-order valence-corrected chi connectivity index (χ1v) is 8.28. The van der Waals surface area contributed by atoms with E-state index >= 15 is 0 Å². The molecule has 7 nitrogen and oxygen atoms in total. The van der Waals surface area contributed by atoms with Gasteiger partial charge in [0.15, 0.2) is 11.3 Å². The van der Waals surface area contributed by atoms with Crippen LogP contribution in [0, 0.1) is 5.82 Å². The number of Topliss-reactive ketones (excluding diaryl/α,β-unsaturated/α-hetero) is 1. The first-order valence-electron chi connectivity index (χ1n) is 8.28. The minimum absolute atomic E-state index is 0.0465. The van der Waals surface area contributed by atoms with E-state index in [0.717, 1.165) is 5.39 Å². The molecule has 0 saturated heterocycles. The molecular formula is C20H14FN3O4. The molecule has 8 heteroatoms. The van der Waals surface area contributed by atoms with Crippen molar-refractivity contribution < 1.29 is 23.5 Å². The lowest BCUT2D eigenvalue weighted by atomic mass is 10.1. The number of aromatic nitrogens is 2. The van der Waals surface area contributed by atoms with E-state index in [2.05, 4.69) is 15.3 Å². The molecule has 3 heterocycles. The molecule has 0 bridgehead atoms. The third-order valence-electron chi connectivity index (χ3n) is 4.15. The van der Waals surface area contributed by atoms with Gasteiger partial charge in [0.2, 0.25) is 11.7 Å². The number of halogens is 1. The van der Waals surface area contributed by atoms with E-state index in [0.29, 0.717) is 16.9 Å². The standard InChI is InChI=1S/C20H14FN3O4/c1-27-20(26)16-17(25)15(9-11-10-23-18-14(11)3-2-8-22-18)28-19(16)24-13-6-4-12(21)5-7-13/h2-10,24H,1H3,(H,22,23)/b15-9-. The lowest BCUT2D eigenvalue weighted by Gasteiger charge is -2.08. The van der Waals surface area contributed by atoms with Crippen molar-refractivity contribution in [3.8, 4) is 0 Å². The Morgan fingerprint density at radius 1 is 1.29 bits per heavy atom. The van der Waals surface area contributed by atoms with Crippen LogP contribution in [0.25, 0.3) is 17.1 Å². The lowest BCUT2D eigenvalue weighted by Crippen LogP contribution is -2.14. The van der Waals surface area contributed by atoms with Crippen LogP contribution < -0.4 is 5.32 Å². The van der Waals surface area contributed by atoms with Crippen molar-refractivity contribution in [3.05, 3.63) is 77.4 Å². The largest absolute Gasteiger partial charge is 0.465 e. The van der Waals surface area contributed by atoms with Crippen LogP contribution in [0.1, 0.15) is 5.56 Å². The number of esters is 1. The number of hydrogen-bond donors (Lipinski definition) is 2. The summed E-state index contributed by atoms with van der Waals surface area (Å²) in [5.41, 5.74) is 1.52. The Morgan fingerprint density at radius 2 is 2.07 bits per heavy atom. The average molecular weight is 379 g/mol. The zero-order valence-electron chi connectivity index (χ0n) is 14.7. The molecule has 0 spiro atoms. The van der Waals surface area contributed by atoms with Crippen LogP contribution in [-0.2, 0) is 19.1 Å². The van der Waals surface area contributed by atoms with Crippen molar-refractivity contribution in [2.45, 2.75) is 0 Å². The van der Waals surface area contributed by atoms with E-state index in [-0.39, 0.29) is 17.2 Å². The fourth-order valence-electron chi connectivity index (χ4n) is 2.81. The first-order chi connectivity index (χ1) is 13.6. The predicted molar refractivity (Wildman–Crippen MR) is 99.2 cm³/mol. The Hall–Kier alpha value is -3.94. The number of H-pyrrole nitrogens is 1. The molecule has 0 radical (unpaired) electrons. The summed E-state index contributed by atoms with van der Waals surface area (Å²) < 4.78 is 23.4. The molecule has 2 aromatic heterocycles. The number of fused-ring (bicyclic) bond motifs is 1. The number of allylic oxidation sites excluding steroid dienone is 1. The number of hydrogen-bond acceptors (Lipinski definition) is 6. The number of rotatable bonds is 4. The number of pyridine rings is 1. The Kier molecular flexibility index (Phi) is 4.36. The normalized spacial score (nSPS) is 15.2. The maximum Gasteiger partial charge on any atom is 0.347 e. The van der Waals surface area contributed by atoms with Crippen LogP contribution in [0.5, 0.6) is 0 Å². The number of nitrogens with zero attached hydrogens (tertiary/aromatic N) is 1. The topological polar surface area (TPSA) is 93.3 Å². The summed E-state index contributed by atoms with van der Waals surface area (Å²) in [4.78, 5) is 32.1. The maximum atomic E-state index is 13.1. The van der Waals surface area contributed by atoms with Gasteiger partial charge in [0, 0.05) is 29.0 Å². The third kappa shape index (κ3) is 3.11. The second kappa shape index (κ2) is 6.99. The smallest absolute Gasteiger partial charge is 0.347 e. The molecule has 2 N–H and O–H groups in total. The highest BCUT2D eigenvalue weighted by Gasteiger charge is 2.36. The molecule has 0 amide bonds. The van der Waals surface area contributed by atoms with E-state index < -0.39 is 17.6 Å². The highest BCUT2D eigenvalue weighted by Crippen LogP contribution is 2.30. The number of carbonyl (C=O) groups excluding carboxylic acids is 2. The van der Waals surface area contributed by atoms with Crippen molar-refractivity contribution in [2.24, 2.45) is 0 Å². The Balaban J connectivity index is 1.70. The molecule has 0 saturated carbocycles. The van der Waals surface area contributed by atoms with E-state index in [1.165, 1.54) is 37.5 Å². The van der Waals surface area contributed by atoms with Gasteiger partial charge < -0.3 is 19.8 Å². The molecule has 1 aromatic carbocycles. The number of ketones is 1. The van der Waals surface area contributed by atoms with Crippen molar-refractivity contribution in [1.82, 2.24) is 9.97 Å². The number of carbonyl (C=O) groups is 2. The monoisotopic (exact) mass is 379 g/mol. The number of nitrogens with one attached hydrogen (secondary N) is 2. The van der Waals surface area contributed by atoms with Crippen molar-refractivity contribution in [3.63, 3.8) is 0 Å². The van der Waals surface area contributed by atoms with Gasteiger partial charge in [0.05, 0.1) is 7.11 Å². The summed E-state index contributed by atoms with van der Waals surface area (Å²) in [6.45, 7) is 0. The first kappa shape index (κ1) is 17.5. The van der Waals surface area contributed by atoms with Crippen LogP contribution in [0.2, 0.25) is 0 Å². The summed E-state index contributed by atoms with van der Waals surface area (Å²) in [6.07, 6.45) is 4.85. The van der Waals surface area contributed by atoms with Gasteiger partial charge in [-0.05, 0) is 42.5 Å². The van der Waals surface area contributed by atoms with E-state index in [4.69, 9.17) is 9.47 Å². The van der Waals surface area contributed by atoms with Gasteiger partial charge in [0.1, 0.15) is 11.5 Å². The van der Waals surface area contributed by atoms with Gasteiger partial charge in [-0.2, -0.15) is 0 Å². The number of aromatic amines is 1.